The van der Waals surface area contributed by atoms with Gasteiger partial charge >= 0.3 is 6.09 Å². The molecule has 1 aromatic heterocycles. The summed E-state index contributed by atoms with van der Waals surface area (Å²) in [6, 6.07) is 7.70. The Morgan fingerprint density at radius 1 is 1.31 bits per heavy atom. The van der Waals surface area contributed by atoms with Crippen LogP contribution in [-0.2, 0) is 4.74 Å². The Bertz CT molecular complexity index is 854. The van der Waals surface area contributed by atoms with Crippen molar-refractivity contribution in [1.29, 1.82) is 0 Å². The molecular formula is C20H26FN5O3. The molecule has 1 aliphatic rings. The van der Waals surface area contributed by atoms with Gasteiger partial charge < -0.3 is 20.1 Å². The molecule has 0 aliphatic heterocycles. The summed E-state index contributed by atoms with van der Waals surface area (Å²) in [5.74, 6) is 1.82. The predicted octanol–water partition coefficient (Wildman–Crippen LogP) is 3.80. The number of aromatic nitrogens is 3. The molecule has 0 atom stereocenters. The van der Waals surface area contributed by atoms with Crippen molar-refractivity contribution < 1.29 is 18.7 Å². The van der Waals surface area contributed by atoms with Crippen molar-refractivity contribution in [3.63, 3.8) is 0 Å². The first-order valence-electron chi connectivity index (χ1n) is 9.49. The van der Waals surface area contributed by atoms with E-state index >= 15 is 0 Å². The van der Waals surface area contributed by atoms with E-state index in [4.69, 9.17) is 9.47 Å². The third kappa shape index (κ3) is 6.78. The molecule has 29 heavy (non-hydrogen) atoms. The van der Waals surface area contributed by atoms with Gasteiger partial charge in [-0.05, 0) is 57.9 Å². The molecule has 1 aromatic carbocycles. The summed E-state index contributed by atoms with van der Waals surface area (Å²) in [4.78, 5) is 16.1. The van der Waals surface area contributed by atoms with Crippen LogP contribution in [0.5, 0.6) is 5.75 Å². The number of halogens is 1. The third-order valence-electron chi connectivity index (χ3n) is 3.96. The fourth-order valence-electron chi connectivity index (χ4n) is 2.37. The van der Waals surface area contributed by atoms with Gasteiger partial charge in [-0.1, -0.05) is 0 Å². The van der Waals surface area contributed by atoms with Gasteiger partial charge in [0.1, 0.15) is 18.0 Å². The van der Waals surface area contributed by atoms with Gasteiger partial charge in [0.05, 0.1) is 6.33 Å². The van der Waals surface area contributed by atoms with Gasteiger partial charge in [0, 0.05) is 23.7 Å². The van der Waals surface area contributed by atoms with E-state index in [9.17, 15) is 9.18 Å². The lowest BCUT2D eigenvalue weighted by Gasteiger charge is -2.20. The third-order valence-corrected chi connectivity index (χ3v) is 3.96. The minimum atomic E-state index is -0.611. The van der Waals surface area contributed by atoms with Crippen LogP contribution < -0.4 is 15.4 Å². The minimum absolute atomic E-state index is 0.00165. The van der Waals surface area contributed by atoms with E-state index in [0.29, 0.717) is 29.9 Å². The van der Waals surface area contributed by atoms with E-state index in [1.807, 2.05) is 12.1 Å². The van der Waals surface area contributed by atoms with Gasteiger partial charge in [0.15, 0.2) is 5.82 Å². The summed E-state index contributed by atoms with van der Waals surface area (Å²) in [6.07, 6.45) is 2.12. The number of ether oxygens (including phenoxy) is 2. The number of alkyl carbamates (subject to hydrolysis) is 1. The van der Waals surface area contributed by atoms with E-state index in [1.165, 1.54) is 0 Å². The number of hydrogen-bond donors (Lipinski definition) is 3. The number of hydrogen-bond acceptors (Lipinski definition) is 6. The first kappa shape index (κ1) is 20.6. The molecule has 1 fully saturated rings. The molecule has 3 N–H and O–H groups in total. The van der Waals surface area contributed by atoms with Gasteiger partial charge in [-0.3, -0.25) is 5.10 Å². The Labute approximate surface area is 168 Å². The first-order valence-corrected chi connectivity index (χ1v) is 9.49. The van der Waals surface area contributed by atoms with Gasteiger partial charge in [0.25, 0.3) is 0 Å². The molecule has 9 heteroatoms. The van der Waals surface area contributed by atoms with E-state index in [2.05, 4.69) is 25.8 Å². The van der Waals surface area contributed by atoms with Crippen LogP contribution in [0.2, 0.25) is 0 Å². The molecule has 0 unspecified atom stereocenters. The summed E-state index contributed by atoms with van der Waals surface area (Å²) < 4.78 is 23.8. The van der Waals surface area contributed by atoms with Crippen LogP contribution in [0.4, 0.5) is 15.1 Å². The first-order chi connectivity index (χ1) is 13.8. The number of benzene rings is 1. The average molecular weight is 403 g/mol. The number of nitrogens with one attached hydrogen (secondary N) is 3. The van der Waals surface area contributed by atoms with Crippen LogP contribution in [0.15, 0.2) is 36.2 Å². The molecule has 1 heterocycles. The quantitative estimate of drug-likeness (QED) is 0.620. The second-order valence-electron chi connectivity index (χ2n) is 7.86. The van der Waals surface area contributed by atoms with Crippen LogP contribution in [-0.4, -0.2) is 46.1 Å². The van der Waals surface area contributed by atoms with E-state index in [1.54, 1.807) is 32.9 Å². The monoisotopic (exact) mass is 403 g/mol. The smallest absolute Gasteiger partial charge is 0.407 e. The summed E-state index contributed by atoms with van der Waals surface area (Å²) in [5.41, 5.74) is 0.535. The summed E-state index contributed by atoms with van der Waals surface area (Å²) in [5, 5.41) is 12.8. The van der Waals surface area contributed by atoms with Gasteiger partial charge in [0.2, 0.25) is 5.95 Å². The molecule has 1 amide bonds. The van der Waals surface area contributed by atoms with Gasteiger partial charge in [-0.25, -0.2) is 9.18 Å². The number of rotatable bonds is 8. The Morgan fingerprint density at radius 3 is 2.66 bits per heavy atom. The molecule has 3 rings (SSSR count). The van der Waals surface area contributed by atoms with Crippen LogP contribution in [0.1, 0.15) is 33.6 Å². The summed E-state index contributed by atoms with van der Waals surface area (Å²) in [7, 11) is 0. The molecule has 1 aliphatic carbocycles. The van der Waals surface area contributed by atoms with Gasteiger partial charge in [-0.2, -0.15) is 4.98 Å². The second-order valence-corrected chi connectivity index (χ2v) is 7.86. The molecule has 2 aromatic rings. The van der Waals surface area contributed by atoms with Gasteiger partial charge in [-0.15, -0.1) is 5.10 Å². The molecular weight excluding hydrogens is 377 g/mol. The maximum Gasteiger partial charge on any atom is 0.407 e. The van der Waals surface area contributed by atoms with Crippen LogP contribution >= 0.6 is 0 Å². The number of carbonyl (C=O) groups is 1. The fourth-order valence-corrected chi connectivity index (χ4v) is 2.37. The van der Waals surface area contributed by atoms with Crippen molar-refractivity contribution in [3.05, 3.63) is 36.2 Å². The highest BCUT2D eigenvalue weighted by Crippen LogP contribution is 2.25. The van der Waals surface area contributed by atoms with Crippen molar-refractivity contribution in [3.8, 4) is 17.1 Å². The second kappa shape index (κ2) is 8.93. The fraction of sp³-hybridized carbons (Fsp3) is 0.450. The lowest BCUT2D eigenvalue weighted by atomic mass is 10.2. The molecule has 0 radical (unpaired) electrons. The molecule has 1 saturated carbocycles. The van der Waals surface area contributed by atoms with Crippen molar-refractivity contribution in [2.45, 2.75) is 45.3 Å². The highest BCUT2D eigenvalue weighted by molar-refractivity contribution is 5.68. The number of carbonyl (C=O) groups excluding carboxylic acids is 1. The minimum Gasteiger partial charge on any atom is -0.489 e. The predicted molar refractivity (Wildman–Crippen MR) is 107 cm³/mol. The normalized spacial score (nSPS) is 14.4. The maximum absolute atomic E-state index is 13.1. The van der Waals surface area contributed by atoms with Crippen molar-refractivity contribution in [2.24, 2.45) is 0 Å². The molecule has 0 saturated heterocycles. The van der Waals surface area contributed by atoms with Crippen LogP contribution in [0.3, 0.4) is 0 Å². The van der Waals surface area contributed by atoms with E-state index in [0.717, 1.165) is 18.4 Å². The van der Waals surface area contributed by atoms with Crippen molar-refractivity contribution >= 4 is 12.0 Å². The molecule has 8 nitrogen and oxygen atoms in total. The Hall–Kier alpha value is -3.10. The SMILES string of the molecule is CC(C)(C)OC(=O)NC/C(=C\F)COc1ccc(-c2nc(NC3CC3)n[nH]2)cc1. The van der Waals surface area contributed by atoms with Crippen molar-refractivity contribution in [2.75, 3.05) is 18.5 Å². The summed E-state index contributed by atoms with van der Waals surface area (Å²) in [6.45, 7) is 5.28. The largest absolute Gasteiger partial charge is 0.489 e. The molecule has 0 spiro atoms. The number of nitrogens with zero attached hydrogens (tertiary/aromatic N) is 2. The zero-order chi connectivity index (χ0) is 20.9. The number of aromatic amines is 1. The van der Waals surface area contributed by atoms with E-state index < -0.39 is 11.7 Å². The average Bonchev–Trinajstić information content (AvgIpc) is 3.36. The zero-order valence-electron chi connectivity index (χ0n) is 16.8. The number of H-pyrrole nitrogens is 1. The Morgan fingerprint density at radius 2 is 2.03 bits per heavy atom. The Kier molecular flexibility index (Phi) is 6.36. The zero-order valence-corrected chi connectivity index (χ0v) is 16.8. The van der Waals surface area contributed by atoms with E-state index in [-0.39, 0.29) is 18.7 Å². The Balaban J connectivity index is 1.47. The highest BCUT2D eigenvalue weighted by atomic mass is 19.1. The lowest BCUT2D eigenvalue weighted by molar-refractivity contribution is 0.0531. The maximum atomic E-state index is 13.1. The number of anilines is 1. The van der Waals surface area contributed by atoms with Crippen LogP contribution in [0, 0.1) is 0 Å². The summed E-state index contributed by atoms with van der Waals surface area (Å²) >= 11 is 0. The lowest BCUT2D eigenvalue weighted by Crippen LogP contribution is -2.34. The highest BCUT2D eigenvalue weighted by Gasteiger charge is 2.22. The topological polar surface area (TPSA) is 101 Å². The standard InChI is InChI=1S/C20H26FN5O3/c1-20(2,3)29-19(27)22-11-13(10-21)12-28-16-8-4-14(5-9-16)17-24-18(26-25-17)23-15-6-7-15/h4-5,8-10,15H,6-7,11-12H2,1-3H3,(H,22,27)(H2,23,24,25,26)/b13-10+. The molecule has 0 bridgehead atoms. The van der Waals surface area contributed by atoms with Crippen LogP contribution in [0.25, 0.3) is 11.4 Å². The van der Waals surface area contributed by atoms with Crippen molar-refractivity contribution in [1.82, 2.24) is 20.5 Å². The number of amides is 1. The molecule has 156 valence electrons.